The number of amides is 1. The quantitative estimate of drug-likeness (QED) is 0.462. The van der Waals surface area contributed by atoms with E-state index in [1.165, 1.54) is 6.20 Å². The highest BCUT2D eigenvalue weighted by Crippen LogP contribution is 2.42. The fraction of sp³-hybridized carbons (Fsp3) is 0.370. The van der Waals surface area contributed by atoms with Crippen LogP contribution in [-0.4, -0.2) is 34.1 Å². The Kier molecular flexibility index (Phi) is 6.53. The van der Waals surface area contributed by atoms with Crippen LogP contribution in [0.5, 0.6) is 0 Å². The van der Waals surface area contributed by atoms with Crippen molar-refractivity contribution in [1.29, 1.82) is 0 Å². The molecule has 37 heavy (non-hydrogen) atoms. The number of piperidine rings is 1. The van der Waals surface area contributed by atoms with E-state index in [1.54, 1.807) is 0 Å². The van der Waals surface area contributed by atoms with Crippen LogP contribution in [0.1, 0.15) is 54.5 Å². The van der Waals surface area contributed by atoms with E-state index in [4.69, 9.17) is 5.73 Å². The van der Waals surface area contributed by atoms with Gasteiger partial charge in [0.1, 0.15) is 17.3 Å². The van der Waals surface area contributed by atoms with Gasteiger partial charge < -0.3 is 21.1 Å². The van der Waals surface area contributed by atoms with Crippen molar-refractivity contribution in [1.82, 2.24) is 9.97 Å². The minimum absolute atomic E-state index is 0.276. The van der Waals surface area contributed by atoms with Gasteiger partial charge in [-0.1, -0.05) is 19.9 Å². The van der Waals surface area contributed by atoms with Crippen LogP contribution >= 0.6 is 0 Å². The first-order valence-corrected chi connectivity index (χ1v) is 12.3. The molecule has 3 atom stereocenters. The first-order chi connectivity index (χ1) is 17.6. The molecule has 2 aromatic heterocycles. The lowest BCUT2D eigenvalue weighted by atomic mass is 9.91. The predicted octanol–water partition coefficient (Wildman–Crippen LogP) is 4.86. The van der Waals surface area contributed by atoms with Crippen molar-refractivity contribution in [3.8, 4) is 11.3 Å². The molecule has 3 aromatic rings. The lowest BCUT2D eigenvalue weighted by molar-refractivity contribution is 0.102. The summed E-state index contributed by atoms with van der Waals surface area (Å²) in [5.41, 5.74) is 6.60. The van der Waals surface area contributed by atoms with Crippen LogP contribution in [0.3, 0.4) is 0 Å². The number of halogens is 3. The van der Waals surface area contributed by atoms with Crippen LogP contribution in [0, 0.1) is 29.3 Å². The van der Waals surface area contributed by atoms with E-state index >= 15 is 0 Å². The molecule has 0 saturated carbocycles. The maximum Gasteiger partial charge on any atom is 0.276 e. The zero-order valence-electron chi connectivity index (χ0n) is 20.6. The number of pyridine rings is 2. The van der Waals surface area contributed by atoms with Gasteiger partial charge in [-0.25, -0.2) is 18.2 Å². The van der Waals surface area contributed by atoms with E-state index in [9.17, 15) is 23.1 Å². The second kappa shape index (κ2) is 9.66. The number of aromatic nitrogens is 2. The molecule has 1 aromatic carbocycles. The third-order valence-electron chi connectivity index (χ3n) is 7.02. The lowest BCUT2D eigenvalue weighted by Gasteiger charge is -2.38. The van der Waals surface area contributed by atoms with Gasteiger partial charge in [-0.15, -0.1) is 0 Å². The van der Waals surface area contributed by atoms with Crippen molar-refractivity contribution in [3.63, 3.8) is 0 Å². The summed E-state index contributed by atoms with van der Waals surface area (Å²) in [5.74, 6) is -3.00. The molecule has 1 aliphatic carbocycles. The molecule has 1 amide bonds. The molecule has 0 spiro atoms. The lowest BCUT2D eigenvalue weighted by Crippen LogP contribution is -2.39. The Morgan fingerprint density at radius 1 is 1.14 bits per heavy atom. The summed E-state index contributed by atoms with van der Waals surface area (Å²) in [4.78, 5) is 23.9. The van der Waals surface area contributed by atoms with Gasteiger partial charge in [0.15, 0.2) is 11.5 Å². The van der Waals surface area contributed by atoms with Gasteiger partial charge in [0.2, 0.25) is 0 Å². The third kappa shape index (κ3) is 4.61. The summed E-state index contributed by atoms with van der Waals surface area (Å²) in [6.45, 7) is 5.88. The van der Waals surface area contributed by atoms with E-state index in [-0.39, 0.29) is 11.4 Å². The molecular formula is C27H28F3N5O2. The Morgan fingerprint density at radius 2 is 1.81 bits per heavy atom. The molecule has 0 bridgehead atoms. The van der Waals surface area contributed by atoms with E-state index in [2.05, 4.69) is 34.0 Å². The Labute approximate surface area is 212 Å². The molecule has 1 aliphatic heterocycles. The summed E-state index contributed by atoms with van der Waals surface area (Å²) in [6, 6.07) is 3.94. The summed E-state index contributed by atoms with van der Waals surface area (Å²) < 4.78 is 43.4. The number of aliphatic hydroxyl groups excluding tert-OH is 1. The van der Waals surface area contributed by atoms with E-state index in [0.29, 0.717) is 36.1 Å². The molecule has 10 heteroatoms. The predicted molar refractivity (Wildman–Crippen MR) is 135 cm³/mol. The van der Waals surface area contributed by atoms with Gasteiger partial charge in [0, 0.05) is 24.7 Å². The average molecular weight is 512 g/mol. The Balaban J connectivity index is 1.55. The number of aliphatic hydroxyl groups is 1. The van der Waals surface area contributed by atoms with Crippen LogP contribution in [0.25, 0.3) is 11.3 Å². The Morgan fingerprint density at radius 3 is 2.49 bits per heavy atom. The van der Waals surface area contributed by atoms with Crippen molar-refractivity contribution < 1.29 is 23.1 Å². The van der Waals surface area contributed by atoms with Gasteiger partial charge in [0.25, 0.3) is 5.91 Å². The highest BCUT2D eigenvalue weighted by Gasteiger charge is 2.32. The first-order valence-electron chi connectivity index (χ1n) is 12.3. The molecule has 2 aliphatic rings. The number of nitrogens with two attached hydrogens (primary N) is 1. The molecule has 1 fully saturated rings. The van der Waals surface area contributed by atoms with Crippen LogP contribution in [0.4, 0.5) is 30.2 Å². The van der Waals surface area contributed by atoms with Crippen LogP contribution in [0.2, 0.25) is 0 Å². The van der Waals surface area contributed by atoms with Crippen molar-refractivity contribution in [2.45, 2.75) is 39.2 Å². The molecule has 1 unspecified atom stereocenters. The topological polar surface area (TPSA) is 104 Å². The van der Waals surface area contributed by atoms with E-state index in [1.807, 2.05) is 0 Å². The molecule has 1 saturated heterocycles. The Bertz CT molecular complexity index is 1350. The Hall–Kier alpha value is -3.66. The van der Waals surface area contributed by atoms with Gasteiger partial charge in [0.05, 0.1) is 40.6 Å². The van der Waals surface area contributed by atoms with Gasteiger partial charge in [-0.3, -0.25) is 9.78 Å². The highest BCUT2D eigenvalue weighted by atomic mass is 19.1. The smallest absolute Gasteiger partial charge is 0.276 e. The van der Waals surface area contributed by atoms with Gasteiger partial charge in [-0.05, 0) is 43.2 Å². The summed E-state index contributed by atoms with van der Waals surface area (Å²) >= 11 is 0. The largest absolute Gasteiger partial charge is 0.397 e. The number of nitrogen functional groups attached to an aromatic ring is 1. The first kappa shape index (κ1) is 25.0. The summed E-state index contributed by atoms with van der Waals surface area (Å²) in [7, 11) is 0. The number of carbonyl (C=O) groups excluding carboxylic acids is 1. The van der Waals surface area contributed by atoms with Crippen LogP contribution in [-0.2, 0) is 6.42 Å². The number of benzene rings is 1. The molecular weight excluding hydrogens is 483 g/mol. The number of carbonyl (C=O) groups is 1. The number of hydrogen-bond donors (Lipinski definition) is 3. The zero-order chi connectivity index (χ0) is 26.4. The van der Waals surface area contributed by atoms with Crippen LogP contribution < -0.4 is 16.0 Å². The number of anilines is 3. The molecule has 7 nitrogen and oxygen atoms in total. The minimum atomic E-state index is -1.05. The van der Waals surface area contributed by atoms with Crippen molar-refractivity contribution >= 4 is 23.0 Å². The SMILES string of the molecule is C[C@@H]1C[C@H](C)CN(c2c(NC(=O)c3nc(-c4c(F)cccc4F)c(F)cc3N)cnc3c2CCC3O)C1. The third-order valence-corrected chi connectivity index (χ3v) is 7.02. The molecule has 3 heterocycles. The monoisotopic (exact) mass is 511 g/mol. The van der Waals surface area contributed by atoms with Crippen molar-refractivity contribution in [2.24, 2.45) is 11.8 Å². The molecule has 4 N–H and O–H groups in total. The molecule has 5 rings (SSSR count). The van der Waals surface area contributed by atoms with E-state index in [0.717, 1.165) is 55.0 Å². The highest BCUT2D eigenvalue weighted by molar-refractivity contribution is 6.08. The summed E-state index contributed by atoms with van der Waals surface area (Å²) in [6.07, 6.45) is 3.04. The number of fused-ring (bicyclic) bond motifs is 1. The summed E-state index contributed by atoms with van der Waals surface area (Å²) in [5, 5.41) is 13.2. The number of rotatable bonds is 4. The van der Waals surface area contributed by atoms with Crippen LogP contribution in [0.15, 0.2) is 30.5 Å². The maximum atomic E-state index is 14.7. The zero-order valence-corrected chi connectivity index (χ0v) is 20.6. The standard InChI is InChI=1S/C27H28F3N5O2/c1-13-8-14(2)12-35(11-13)26-15-6-7-21(36)23(15)32-10-20(26)33-27(37)25-19(31)9-18(30)24(34-25)22-16(28)4-3-5-17(22)29/h3-5,9-10,13-14,21,36H,6-8,11-12,31H2,1-2H3,(H,33,37)/t13-,14+,21?. The number of nitrogens with one attached hydrogen (secondary N) is 1. The number of hydrogen-bond acceptors (Lipinski definition) is 6. The van der Waals surface area contributed by atoms with Crippen molar-refractivity contribution in [3.05, 3.63) is 64.9 Å². The normalized spacial score (nSPS) is 21.1. The number of nitrogens with zero attached hydrogens (tertiary/aromatic N) is 3. The fourth-order valence-electron chi connectivity index (χ4n) is 5.57. The van der Waals surface area contributed by atoms with E-state index < -0.39 is 40.7 Å². The fourth-order valence-corrected chi connectivity index (χ4v) is 5.57. The minimum Gasteiger partial charge on any atom is -0.397 e. The van der Waals surface area contributed by atoms with Gasteiger partial charge in [-0.2, -0.15) is 0 Å². The average Bonchev–Trinajstić information content (AvgIpc) is 3.20. The second-order valence-electron chi connectivity index (χ2n) is 10.1. The maximum absolute atomic E-state index is 14.7. The molecule has 0 radical (unpaired) electrons. The second-order valence-corrected chi connectivity index (χ2v) is 10.1. The molecule has 194 valence electrons. The van der Waals surface area contributed by atoms with Gasteiger partial charge >= 0.3 is 0 Å². The van der Waals surface area contributed by atoms with Crippen molar-refractivity contribution in [2.75, 3.05) is 29.0 Å².